The van der Waals surface area contributed by atoms with Crippen LogP contribution in [0.25, 0.3) is 0 Å². The van der Waals surface area contributed by atoms with Crippen molar-refractivity contribution in [3.63, 3.8) is 0 Å². The zero-order chi connectivity index (χ0) is 14.0. The zero-order valence-electron chi connectivity index (χ0n) is 11.4. The van der Waals surface area contributed by atoms with Gasteiger partial charge in [-0.25, -0.2) is 0 Å². The maximum Gasteiger partial charge on any atom is 0.231 e. The summed E-state index contributed by atoms with van der Waals surface area (Å²) in [5.41, 5.74) is 7.01. The van der Waals surface area contributed by atoms with Gasteiger partial charge in [0.25, 0.3) is 0 Å². The van der Waals surface area contributed by atoms with Gasteiger partial charge in [-0.2, -0.15) is 0 Å². The van der Waals surface area contributed by atoms with Crippen LogP contribution >= 0.6 is 11.6 Å². The number of hydrogen-bond acceptors (Lipinski definition) is 3. The molecule has 0 saturated heterocycles. The Bertz CT molecular complexity index is 478. The van der Waals surface area contributed by atoms with Crippen molar-refractivity contribution in [2.24, 2.45) is 11.1 Å². The maximum atomic E-state index is 12.2. The summed E-state index contributed by atoms with van der Waals surface area (Å²) in [7, 11) is 3.86. The van der Waals surface area contributed by atoms with Gasteiger partial charge in [0.2, 0.25) is 5.91 Å². The first-order chi connectivity index (χ1) is 8.98. The third-order valence-electron chi connectivity index (χ3n) is 3.87. The van der Waals surface area contributed by atoms with Crippen LogP contribution in [0.2, 0.25) is 5.02 Å². The predicted molar refractivity (Wildman–Crippen MR) is 79.7 cm³/mol. The molecule has 5 heteroatoms. The maximum absolute atomic E-state index is 12.2. The summed E-state index contributed by atoms with van der Waals surface area (Å²) in [6, 6.07) is 5.54. The van der Waals surface area contributed by atoms with Gasteiger partial charge in [0.05, 0.1) is 16.1 Å². The fourth-order valence-corrected chi connectivity index (χ4v) is 2.69. The molecule has 1 aromatic rings. The standard InChI is InChI=1S/C14H20ClN3O/c1-18(2)12-5-4-10(8-11(12)15)17-13(19)14(9-16)6-3-7-14/h4-5,8H,3,6-7,9,16H2,1-2H3,(H,17,19). The number of benzene rings is 1. The molecule has 0 aromatic heterocycles. The highest BCUT2D eigenvalue weighted by Gasteiger charge is 2.42. The lowest BCUT2D eigenvalue weighted by Gasteiger charge is -2.39. The van der Waals surface area contributed by atoms with Crippen molar-refractivity contribution < 1.29 is 4.79 Å². The molecule has 0 radical (unpaired) electrons. The first-order valence-corrected chi connectivity index (χ1v) is 6.85. The molecule has 1 fully saturated rings. The number of nitrogens with one attached hydrogen (secondary N) is 1. The fourth-order valence-electron chi connectivity index (χ4n) is 2.34. The van der Waals surface area contributed by atoms with Crippen LogP contribution < -0.4 is 16.0 Å². The van der Waals surface area contributed by atoms with Gasteiger partial charge in [0.1, 0.15) is 0 Å². The molecule has 2 rings (SSSR count). The van der Waals surface area contributed by atoms with Crippen LogP contribution in [0.4, 0.5) is 11.4 Å². The number of amides is 1. The second-order valence-corrected chi connectivity index (χ2v) is 5.76. The van der Waals surface area contributed by atoms with Crippen LogP contribution in [-0.2, 0) is 4.79 Å². The highest BCUT2D eigenvalue weighted by molar-refractivity contribution is 6.33. The molecule has 0 bridgehead atoms. The minimum absolute atomic E-state index is 0.00918. The van der Waals surface area contributed by atoms with Gasteiger partial charge in [-0.3, -0.25) is 4.79 Å². The van der Waals surface area contributed by atoms with E-state index in [1.54, 1.807) is 6.07 Å². The van der Waals surface area contributed by atoms with Gasteiger partial charge < -0.3 is 16.0 Å². The SMILES string of the molecule is CN(C)c1ccc(NC(=O)C2(CN)CCC2)cc1Cl. The molecule has 1 saturated carbocycles. The number of anilines is 2. The van der Waals surface area contributed by atoms with Crippen molar-refractivity contribution >= 4 is 28.9 Å². The van der Waals surface area contributed by atoms with Crippen LogP contribution in [0.1, 0.15) is 19.3 Å². The molecule has 4 nitrogen and oxygen atoms in total. The van der Waals surface area contributed by atoms with Crippen LogP contribution in [0, 0.1) is 5.41 Å². The predicted octanol–water partition coefficient (Wildman–Crippen LogP) is 2.47. The number of carbonyl (C=O) groups excluding carboxylic acids is 1. The van der Waals surface area contributed by atoms with Gasteiger partial charge >= 0.3 is 0 Å². The van der Waals surface area contributed by atoms with Crippen molar-refractivity contribution in [1.82, 2.24) is 0 Å². The second kappa shape index (κ2) is 5.39. The van der Waals surface area contributed by atoms with E-state index in [1.807, 2.05) is 31.1 Å². The first-order valence-electron chi connectivity index (χ1n) is 6.47. The van der Waals surface area contributed by atoms with Crippen LogP contribution in [0.15, 0.2) is 18.2 Å². The molecule has 0 heterocycles. The van der Waals surface area contributed by atoms with E-state index >= 15 is 0 Å². The fraction of sp³-hybridized carbons (Fsp3) is 0.500. The lowest BCUT2D eigenvalue weighted by atomic mass is 9.68. The van der Waals surface area contributed by atoms with E-state index < -0.39 is 0 Å². The zero-order valence-corrected chi connectivity index (χ0v) is 12.1. The molecule has 1 aliphatic carbocycles. The number of nitrogens with zero attached hydrogens (tertiary/aromatic N) is 1. The highest BCUT2D eigenvalue weighted by Crippen LogP contribution is 2.41. The Labute approximate surface area is 118 Å². The third-order valence-corrected chi connectivity index (χ3v) is 4.17. The summed E-state index contributed by atoms with van der Waals surface area (Å²) in [6.45, 7) is 0.405. The first kappa shape index (κ1) is 14.2. The third kappa shape index (κ3) is 2.69. The summed E-state index contributed by atoms with van der Waals surface area (Å²) < 4.78 is 0. The lowest BCUT2D eigenvalue weighted by molar-refractivity contribution is -0.129. The number of nitrogens with two attached hydrogens (primary N) is 1. The molecule has 0 spiro atoms. The minimum Gasteiger partial charge on any atom is -0.376 e. The summed E-state index contributed by atoms with van der Waals surface area (Å²) in [6.07, 6.45) is 2.82. The number of halogens is 1. The summed E-state index contributed by atoms with van der Waals surface area (Å²) in [5, 5.41) is 3.54. The van der Waals surface area contributed by atoms with E-state index in [4.69, 9.17) is 17.3 Å². The molecule has 0 unspecified atom stereocenters. The van der Waals surface area contributed by atoms with E-state index in [0.717, 1.165) is 30.6 Å². The lowest BCUT2D eigenvalue weighted by Crippen LogP contribution is -2.47. The van der Waals surface area contributed by atoms with Gasteiger partial charge in [-0.05, 0) is 31.0 Å². The molecule has 1 aliphatic rings. The molecular formula is C14H20ClN3O. The molecule has 3 N–H and O–H groups in total. The molecule has 19 heavy (non-hydrogen) atoms. The van der Waals surface area contributed by atoms with Crippen molar-refractivity contribution in [3.8, 4) is 0 Å². The van der Waals surface area contributed by atoms with Crippen LogP contribution in [0.3, 0.4) is 0 Å². The molecule has 1 aromatic carbocycles. The largest absolute Gasteiger partial charge is 0.376 e. The molecular weight excluding hydrogens is 262 g/mol. The Morgan fingerprint density at radius 3 is 2.58 bits per heavy atom. The Hall–Kier alpha value is -1.26. The van der Waals surface area contributed by atoms with Gasteiger partial charge in [0.15, 0.2) is 0 Å². The van der Waals surface area contributed by atoms with Crippen molar-refractivity contribution in [2.75, 3.05) is 30.9 Å². The smallest absolute Gasteiger partial charge is 0.231 e. The van der Waals surface area contributed by atoms with Gasteiger partial charge in [-0.1, -0.05) is 18.0 Å². The second-order valence-electron chi connectivity index (χ2n) is 5.35. The number of rotatable bonds is 4. The monoisotopic (exact) mass is 281 g/mol. The van der Waals surface area contributed by atoms with Gasteiger partial charge in [-0.15, -0.1) is 0 Å². The van der Waals surface area contributed by atoms with Gasteiger partial charge in [0, 0.05) is 26.3 Å². The van der Waals surface area contributed by atoms with Crippen molar-refractivity contribution in [1.29, 1.82) is 0 Å². The van der Waals surface area contributed by atoms with E-state index in [1.165, 1.54) is 0 Å². The van der Waals surface area contributed by atoms with Crippen molar-refractivity contribution in [3.05, 3.63) is 23.2 Å². The summed E-state index contributed by atoms with van der Waals surface area (Å²) in [4.78, 5) is 14.2. The Morgan fingerprint density at radius 2 is 2.16 bits per heavy atom. The molecule has 1 amide bonds. The van der Waals surface area contributed by atoms with E-state index in [9.17, 15) is 4.79 Å². The van der Waals surface area contributed by atoms with Crippen LogP contribution in [0.5, 0.6) is 0 Å². The average Bonchev–Trinajstić information content (AvgIpc) is 2.27. The van der Waals surface area contributed by atoms with Crippen LogP contribution in [-0.4, -0.2) is 26.5 Å². The Balaban J connectivity index is 2.11. The topological polar surface area (TPSA) is 58.4 Å². The number of hydrogen-bond donors (Lipinski definition) is 2. The van der Waals surface area contributed by atoms with E-state index in [2.05, 4.69) is 5.32 Å². The van der Waals surface area contributed by atoms with E-state index in [0.29, 0.717) is 11.6 Å². The molecule has 0 atom stereocenters. The minimum atomic E-state index is -0.368. The molecule has 104 valence electrons. The van der Waals surface area contributed by atoms with Crippen molar-refractivity contribution in [2.45, 2.75) is 19.3 Å². The molecule has 0 aliphatic heterocycles. The highest BCUT2D eigenvalue weighted by atomic mass is 35.5. The summed E-state index contributed by atoms with van der Waals surface area (Å²) in [5.74, 6) is 0.00918. The quantitative estimate of drug-likeness (QED) is 0.891. The number of carbonyl (C=O) groups is 1. The summed E-state index contributed by atoms with van der Waals surface area (Å²) >= 11 is 6.19. The average molecular weight is 282 g/mol. The normalized spacial score (nSPS) is 16.6. The Morgan fingerprint density at radius 1 is 1.47 bits per heavy atom. The Kier molecular flexibility index (Phi) is 4.02. The van der Waals surface area contributed by atoms with E-state index in [-0.39, 0.29) is 11.3 Å².